The SMILES string of the molecule is Cc1csc(C(O)c2cnc(Nc3ccc(C#N)cc3)nc2Nc2c(C)cc(/C=C/C#N)cc2C)n1. The summed E-state index contributed by atoms with van der Waals surface area (Å²) >= 11 is 1.37. The molecule has 0 aliphatic rings. The second-order valence-electron chi connectivity index (χ2n) is 8.16. The summed E-state index contributed by atoms with van der Waals surface area (Å²) in [4.78, 5) is 13.5. The van der Waals surface area contributed by atoms with Gasteiger partial charge in [-0.3, -0.25) is 0 Å². The van der Waals surface area contributed by atoms with Crippen LogP contribution in [0.3, 0.4) is 0 Å². The number of aliphatic hydroxyl groups is 1. The van der Waals surface area contributed by atoms with E-state index in [0.717, 1.165) is 33.8 Å². The fraction of sp³-hybridized carbons (Fsp3) is 0.148. The number of hydrogen-bond donors (Lipinski definition) is 3. The first-order chi connectivity index (χ1) is 17.4. The first-order valence-electron chi connectivity index (χ1n) is 11.1. The van der Waals surface area contributed by atoms with Crippen molar-refractivity contribution in [2.24, 2.45) is 0 Å². The third-order valence-corrected chi connectivity index (χ3v) is 6.42. The maximum atomic E-state index is 11.1. The van der Waals surface area contributed by atoms with Gasteiger partial charge in [-0.25, -0.2) is 9.97 Å². The number of rotatable bonds is 7. The third kappa shape index (κ3) is 5.56. The van der Waals surface area contributed by atoms with Crippen molar-refractivity contribution in [3.05, 3.63) is 92.6 Å². The minimum Gasteiger partial charge on any atom is -0.381 e. The molecule has 36 heavy (non-hydrogen) atoms. The molecule has 1 atom stereocenters. The zero-order chi connectivity index (χ0) is 25.7. The number of allylic oxidation sites excluding steroid dienone is 1. The largest absolute Gasteiger partial charge is 0.381 e. The van der Waals surface area contributed by atoms with E-state index in [2.05, 4.69) is 31.7 Å². The smallest absolute Gasteiger partial charge is 0.229 e. The van der Waals surface area contributed by atoms with Gasteiger partial charge in [-0.15, -0.1) is 11.3 Å². The molecule has 2 aromatic carbocycles. The van der Waals surface area contributed by atoms with Crippen LogP contribution in [0.25, 0.3) is 6.08 Å². The average Bonchev–Trinajstić information content (AvgIpc) is 3.31. The van der Waals surface area contributed by atoms with Gasteiger partial charge in [0.1, 0.15) is 16.9 Å². The number of aliphatic hydroxyl groups excluding tert-OH is 1. The van der Waals surface area contributed by atoms with E-state index in [1.165, 1.54) is 17.4 Å². The van der Waals surface area contributed by atoms with Crippen molar-refractivity contribution in [3.8, 4) is 12.1 Å². The lowest BCUT2D eigenvalue weighted by molar-refractivity contribution is 0.219. The first-order valence-corrected chi connectivity index (χ1v) is 11.9. The Morgan fingerprint density at radius 1 is 1.03 bits per heavy atom. The van der Waals surface area contributed by atoms with Crippen molar-refractivity contribution in [2.75, 3.05) is 10.6 Å². The van der Waals surface area contributed by atoms with E-state index in [-0.39, 0.29) is 0 Å². The molecule has 8 nitrogen and oxygen atoms in total. The average molecular weight is 494 g/mol. The lowest BCUT2D eigenvalue weighted by Crippen LogP contribution is -2.10. The Labute approximate surface area is 213 Å². The van der Waals surface area contributed by atoms with Crippen LogP contribution in [-0.4, -0.2) is 20.1 Å². The van der Waals surface area contributed by atoms with Crippen molar-refractivity contribution >= 4 is 40.6 Å². The van der Waals surface area contributed by atoms with Gasteiger partial charge >= 0.3 is 0 Å². The van der Waals surface area contributed by atoms with Crippen LogP contribution in [0.1, 0.15) is 44.6 Å². The van der Waals surface area contributed by atoms with E-state index in [9.17, 15) is 5.11 Å². The topological polar surface area (TPSA) is 131 Å². The molecule has 2 aromatic heterocycles. The summed E-state index contributed by atoms with van der Waals surface area (Å²) in [5.41, 5.74) is 6.28. The van der Waals surface area contributed by atoms with Gasteiger partial charge in [-0.2, -0.15) is 15.5 Å². The van der Waals surface area contributed by atoms with Gasteiger partial charge in [-0.1, -0.05) is 0 Å². The molecule has 1 unspecified atom stereocenters. The molecule has 0 bridgehead atoms. The third-order valence-electron chi connectivity index (χ3n) is 5.40. The number of anilines is 4. The summed E-state index contributed by atoms with van der Waals surface area (Å²) < 4.78 is 0. The minimum absolute atomic E-state index is 0.331. The molecule has 178 valence electrons. The second-order valence-corrected chi connectivity index (χ2v) is 9.05. The summed E-state index contributed by atoms with van der Waals surface area (Å²) in [6.07, 6.45) is 3.77. The van der Waals surface area contributed by atoms with Gasteiger partial charge in [0, 0.05) is 40.3 Å². The zero-order valence-corrected chi connectivity index (χ0v) is 20.8. The van der Waals surface area contributed by atoms with Crippen molar-refractivity contribution in [3.63, 3.8) is 0 Å². The highest BCUT2D eigenvalue weighted by atomic mass is 32.1. The number of aromatic nitrogens is 3. The summed E-state index contributed by atoms with van der Waals surface area (Å²) in [5.74, 6) is 0.769. The van der Waals surface area contributed by atoms with Crippen molar-refractivity contribution in [1.82, 2.24) is 15.0 Å². The number of hydrogen-bond acceptors (Lipinski definition) is 9. The monoisotopic (exact) mass is 493 g/mol. The number of aryl methyl sites for hydroxylation is 3. The normalized spacial score (nSPS) is 11.6. The standard InChI is InChI=1S/C27H23N7OS/c1-16-11-20(5-4-10-28)12-17(2)23(16)33-25-22(24(35)26-31-18(3)15-36-26)14-30-27(34-25)32-21-8-6-19(13-29)7-9-21/h4-9,11-12,14-15,24,35H,1-3H3,(H2,30,32,33,34)/b5-4+. The molecule has 9 heteroatoms. The molecule has 0 saturated heterocycles. The van der Waals surface area contributed by atoms with Crippen LogP contribution >= 0.6 is 11.3 Å². The Bertz CT molecular complexity index is 1490. The molecule has 4 rings (SSSR count). The van der Waals surface area contributed by atoms with Gasteiger partial charge in [0.25, 0.3) is 0 Å². The molecular weight excluding hydrogens is 470 g/mol. The molecule has 3 N–H and O–H groups in total. The molecule has 0 aliphatic carbocycles. The molecule has 4 aromatic rings. The lowest BCUT2D eigenvalue weighted by atomic mass is 10.0. The van der Waals surface area contributed by atoms with Crippen molar-refractivity contribution in [2.45, 2.75) is 26.9 Å². The van der Waals surface area contributed by atoms with Crippen LogP contribution in [0, 0.1) is 43.4 Å². The number of nitrogens with one attached hydrogen (secondary N) is 2. The van der Waals surface area contributed by atoms with E-state index < -0.39 is 6.10 Å². The molecule has 0 amide bonds. The molecule has 0 aliphatic heterocycles. The molecule has 0 fully saturated rings. The van der Waals surface area contributed by atoms with E-state index >= 15 is 0 Å². The summed E-state index contributed by atoms with van der Waals surface area (Å²) in [7, 11) is 0. The van der Waals surface area contributed by atoms with Crippen molar-refractivity contribution in [1.29, 1.82) is 10.5 Å². The number of nitriles is 2. The summed E-state index contributed by atoms with van der Waals surface area (Å²) in [5, 5.41) is 38.0. The maximum Gasteiger partial charge on any atom is 0.229 e. The van der Waals surface area contributed by atoms with Crippen LogP contribution in [0.4, 0.5) is 23.1 Å². The van der Waals surface area contributed by atoms with Crippen LogP contribution in [-0.2, 0) is 0 Å². The van der Waals surface area contributed by atoms with Crippen LogP contribution < -0.4 is 10.6 Å². The predicted molar refractivity (Wildman–Crippen MR) is 141 cm³/mol. The first kappa shape index (κ1) is 24.6. The van der Waals surface area contributed by atoms with E-state index in [1.54, 1.807) is 36.5 Å². The molecule has 0 saturated carbocycles. The summed E-state index contributed by atoms with van der Waals surface area (Å²) in [6.45, 7) is 5.81. The van der Waals surface area contributed by atoms with Crippen LogP contribution in [0.15, 0.2) is 54.1 Å². The minimum atomic E-state index is -1.01. The highest BCUT2D eigenvalue weighted by molar-refractivity contribution is 7.09. The Kier molecular flexibility index (Phi) is 7.36. The van der Waals surface area contributed by atoms with Crippen LogP contribution in [0.2, 0.25) is 0 Å². The summed E-state index contributed by atoms with van der Waals surface area (Å²) in [6, 6.07) is 15.0. The highest BCUT2D eigenvalue weighted by Crippen LogP contribution is 2.33. The Balaban J connectivity index is 1.73. The lowest BCUT2D eigenvalue weighted by Gasteiger charge is -2.18. The van der Waals surface area contributed by atoms with E-state index in [0.29, 0.717) is 27.9 Å². The number of thiazole rings is 1. The fourth-order valence-corrected chi connectivity index (χ4v) is 4.48. The molecular formula is C27H23N7OS. The van der Waals surface area contributed by atoms with Gasteiger partial charge in [0.05, 0.1) is 17.7 Å². The Morgan fingerprint density at radius 2 is 1.75 bits per heavy atom. The van der Waals surface area contributed by atoms with Crippen LogP contribution in [0.5, 0.6) is 0 Å². The maximum absolute atomic E-state index is 11.1. The zero-order valence-electron chi connectivity index (χ0n) is 19.9. The molecule has 0 radical (unpaired) electrons. The number of benzene rings is 2. The van der Waals surface area contributed by atoms with Crippen molar-refractivity contribution < 1.29 is 5.11 Å². The Hall–Kier alpha value is -4.57. The van der Waals surface area contributed by atoms with Gasteiger partial charge in [0.2, 0.25) is 5.95 Å². The molecule has 2 heterocycles. The van der Waals surface area contributed by atoms with Gasteiger partial charge in [-0.05, 0) is 79.9 Å². The van der Waals surface area contributed by atoms with E-state index in [4.69, 9.17) is 10.5 Å². The predicted octanol–water partition coefficient (Wildman–Crippen LogP) is 5.84. The second kappa shape index (κ2) is 10.8. The molecule has 0 spiro atoms. The fourth-order valence-electron chi connectivity index (χ4n) is 3.68. The quantitative estimate of drug-likeness (QED) is 0.274. The van der Waals surface area contributed by atoms with Gasteiger partial charge in [0.15, 0.2) is 0 Å². The number of nitrogens with zero attached hydrogens (tertiary/aromatic N) is 5. The van der Waals surface area contributed by atoms with Gasteiger partial charge < -0.3 is 15.7 Å². The Morgan fingerprint density at radius 3 is 2.36 bits per heavy atom. The highest BCUT2D eigenvalue weighted by Gasteiger charge is 2.21. The van der Waals surface area contributed by atoms with E-state index in [1.807, 2.05) is 44.4 Å².